The molecule has 7 heteroatoms. The molecule has 1 amide bonds. The number of allylic oxidation sites excluding steroid dienone is 6. The van der Waals surface area contributed by atoms with Gasteiger partial charge in [-0.15, -0.1) is 0 Å². The molecule has 2 atom stereocenters. The minimum Gasteiger partial charge on any atom is -0.492 e. The number of halogens is 1. The van der Waals surface area contributed by atoms with Crippen molar-refractivity contribution in [3.05, 3.63) is 106 Å². The first kappa shape index (κ1) is 24.1. The van der Waals surface area contributed by atoms with Gasteiger partial charge in [0, 0.05) is 18.0 Å². The highest BCUT2D eigenvalue weighted by Gasteiger charge is 2.35. The van der Waals surface area contributed by atoms with Crippen molar-refractivity contribution in [1.29, 1.82) is 0 Å². The number of ketones is 1. The molecule has 2 aliphatic rings. The number of methoxy groups -OCH3 is 2. The summed E-state index contributed by atoms with van der Waals surface area (Å²) < 4.78 is 24.7. The lowest BCUT2D eigenvalue weighted by molar-refractivity contribution is -0.125. The van der Waals surface area contributed by atoms with Crippen LogP contribution in [0, 0.1) is 11.7 Å². The van der Waals surface area contributed by atoms with Gasteiger partial charge in [0.25, 0.3) is 5.78 Å². The number of nitrogens with zero attached hydrogens (tertiary/aromatic N) is 1. The Morgan fingerprint density at radius 2 is 1.89 bits per heavy atom. The third kappa shape index (κ3) is 4.80. The molecule has 2 unspecified atom stereocenters. The number of hydrogen-bond donors (Lipinski definition) is 1. The van der Waals surface area contributed by atoms with Crippen LogP contribution in [-0.2, 0) is 25.6 Å². The molecule has 0 saturated heterocycles. The SMILES string of the molecule is COC1=CC(=CC2=C(C)C(C(C)C(=O)NCc3ccccn3)c3cc(F)ccc32)C=C(OC)C1=O. The van der Waals surface area contributed by atoms with Crippen LogP contribution in [0.15, 0.2) is 83.5 Å². The molecule has 0 bridgehead atoms. The highest BCUT2D eigenvalue weighted by molar-refractivity contribution is 6.07. The molecule has 2 aliphatic carbocycles. The van der Waals surface area contributed by atoms with E-state index in [1.807, 2.05) is 38.1 Å². The van der Waals surface area contributed by atoms with Gasteiger partial charge in [-0.1, -0.05) is 24.6 Å². The lowest BCUT2D eigenvalue weighted by atomic mass is 9.84. The number of benzene rings is 1. The Bertz CT molecular complexity index is 1270. The van der Waals surface area contributed by atoms with E-state index in [0.717, 1.165) is 28.0 Å². The number of ether oxygens (including phenoxy) is 2. The fourth-order valence-electron chi connectivity index (χ4n) is 4.63. The highest BCUT2D eigenvalue weighted by Crippen LogP contribution is 2.47. The summed E-state index contributed by atoms with van der Waals surface area (Å²) in [6.07, 6.45) is 6.88. The second-order valence-corrected chi connectivity index (χ2v) is 8.53. The van der Waals surface area contributed by atoms with Crippen molar-refractivity contribution in [3.8, 4) is 0 Å². The molecule has 1 N–H and O–H groups in total. The predicted octanol–water partition coefficient (Wildman–Crippen LogP) is 4.61. The van der Waals surface area contributed by atoms with Crippen molar-refractivity contribution in [1.82, 2.24) is 10.3 Å². The molecule has 1 aromatic carbocycles. The van der Waals surface area contributed by atoms with E-state index >= 15 is 0 Å². The van der Waals surface area contributed by atoms with E-state index in [2.05, 4.69) is 10.3 Å². The molecule has 0 saturated carbocycles. The number of carbonyl (C=O) groups excluding carboxylic acids is 2. The normalized spacial score (nSPS) is 17.9. The lowest BCUT2D eigenvalue weighted by Gasteiger charge is -2.22. The quantitative estimate of drug-likeness (QED) is 0.634. The Morgan fingerprint density at radius 1 is 1.17 bits per heavy atom. The lowest BCUT2D eigenvalue weighted by Crippen LogP contribution is -2.32. The number of carbonyl (C=O) groups is 2. The van der Waals surface area contributed by atoms with Gasteiger partial charge in [0.2, 0.25) is 5.91 Å². The smallest absolute Gasteiger partial charge is 0.261 e. The van der Waals surface area contributed by atoms with Gasteiger partial charge >= 0.3 is 0 Å². The van der Waals surface area contributed by atoms with Crippen molar-refractivity contribution in [2.75, 3.05) is 14.2 Å². The van der Waals surface area contributed by atoms with Crippen LogP contribution in [-0.4, -0.2) is 30.9 Å². The molecule has 0 fully saturated rings. The second kappa shape index (κ2) is 10.1. The molecule has 2 aromatic rings. The number of Topliss-reactive ketones (excluding diaryl/α,β-unsaturated/α-hetero) is 1. The molecule has 180 valence electrons. The molecule has 6 nitrogen and oxygen atoms in total. The number of aromatic nitrogens is 1. The monoisotopic (exact) mass is 474 g/mol. The zero-order valence-electron chi connectivity index (χ0n) is 20.1. The number of fused-ring (bicyclic) bond motifs is 1. The molecule has 0 spiro atoms. The average molecular weight is 475 g/mol. The summed E-state index contributed by atoms with van der Waals surface area (Å²) >= 11 is 0. The minimum absolute atomic E-state index is 0.143. The number of hydrogen-bond acceptors (Lipinski definition) is 5. The Morgan fingerprint density at radius 3 is 2.51 bits per heavy atom. The first-order chi connectivity index (χ1) is 16.8. The summed E-state index contributed by atoms with van der Waals surface area (Å²) in [5, 5.41) is 2.95. The Labute approximate surface area is 203 Å². The van der Waals surface area contributed by atoms with Crippen molar-refractivity contribution < 1.29 is 23.5 Å². The van der Waals surface area contributed by atoms with Gasteiger partial charge in [-0.25, -0.2) is 4.39 Å². The van der Waals surface area contributed by atoms with E-state index < -0.39 is 5.92 Å². The van der Waals surface area contributed by atoms with Crippen LogP contribution in [0.2, 0.25) is 0 Å². The fraction of sp³-hybridized carbons (Fsp3) is 0.250. The first-order valence-electron chi connectivity index (χ1n) is 11.3. The molecule has 35 heavy (non-hydrogen) atoms. The van der Waals surface area contributed by atoms with Crippen LogP contribution in [0.1, 0.15) is 36.6 Å². The first-order valence-corrected chi connectivity index (χ1v) is 11.3. The van der Waals surface area contributed by atoms with Crippen LogP contribution in [0.4, 0.5) is 4.39 Å². The van der Waals surface area contributed by atoms with Crippen LogP contribution in [0.25, 0.3) is 5.57 Å². The van der Waals surface area contributed by atoms with E-state index in [1.54, 1.807) is 24.4 Å². The average Bonchev–Trinajstić information content (AvgIpc) is 3.13. The van der Waals surface area contributed by atoms with E-state index in [-0.39, 0.29) is 34.9 Å². The molecule has 1 heterocycles. The Hall–Kier alpha value is -4.00. The second-order valence-electron chi connectivity index (χ2n) is 8.53. The van der Waals surface area contributed by atoms with Crippen molar-refractivity contribution in [2.45, 2.75) is 26.3 Å². The number of nitrogens with one attached hydrogen (secondary N) is 1. The predicted molar refractivity (Wildman–Crippen MR) is 130 cm³/mol. The van der Waals surface area contributed by atoms with Crippen molar-refractivity contribution >= 4 is 17.3 Å². The summed E-state index contributed by atoms with van der Waals surface area (Å²) in [5.74, 6) is -1.24. The zero-order chi connectivity index (χ0) is 25.1. The van der Waals surface area contributed by atoms with Gasteiger partial charge in [0.15, 0.2) is 11.5 Å². The van der Waals surface area contributed by atoms with Gasteiger partial charge in [0.1, 0.15) is 5.82 Å². The molecular weight excluding hydrogens is 447 g/mol. The van der Waals surface area contributed by atoms with Crippen LogP contribution < -0.4 is 5.32 Å². The number of amides is 1. The van der Waals surface area contributed by atoms with E-state index in [1.165, 1.54) is 26.4 Å². The standard InChI is InChI=1S/C28H27FN2O4/c1-16-22(11-18-12-24(34-3)27(32)25(13-18)35-4)21-9-8-19(29)14-23(21)26(16)17(2)28(33)31-15-20-7-5-6-10-30-20/h5-14,17,26H,15H2,1-4H3,(H,31,33). The van der Waals surface area contributed by atoms with Crippen molar-refractivity contribution in [2.24, 2.45) is 5.92 Å². The van der Waals surface area contributed by atoms with E-state index in [4.69, 9.17) is 9.47 Å². The summed E-state index contributed by atoms with van der Waals surface area (Å²) in [4.78, 5) is 29.7. The largest absolute Gasteiger partial charge is 0.492 e. The third-order valence-electron chi connectivity index (χ3n) is 6.41. The Balaban J connectivity index is 1.69. The highest BCUT2D eigenvalue weighted by atomic mass is 19.1. The third-order valence-corrected chi connectivity index (χ3v) is 6.41. The van der Waals surface area contributed by atoms with Gasteiger partial charge < -0.3 is 14.8 Å². The molecular formula is C28H27FN2O4. The van der Waals surface area contributed by atoms with Gasteiger partial charge in [-0.05, 0) is 71.7 Å². The topological polar surface area (TPSA) is 77.5 Å². The maximum atomic E-state index is 14.3. The van der Waals surface area contributed by atoms with Crippen LogP contribution in [0.3, 0.4) is 0 Å². The molecule has 0 aliphatic heterocycles. The van der Waals surface area contributed by atoms with E-state index in [0.29, 0.717) is 12.1 Å². The Kier molecular flexibility index (Phi) is 6.96. The maximum absolute atomic E-state index is 14.3. The van der Waals surface area contributed by atoms with E-state index in [9.17, 15) is 14.0 Å². The zero-order valence-corrected chi connectivity index (χ0v) is 20.1. The van der Waals surface area contributed by atoms with Crippen LogP contribution >= 0.6 is 0 Å². The van der Waals surface area contributed by atoms with Gasteiger partial charge in [0.05, 0.1) is 26.5 Å². The van der Waals surface area contributed by atoms with Gasteiger partial charge in [-0.2, -0.15) is 0 Å². The number of rotatable bonds is 7. The molecule has 1 aromatic heterocycles. The summed E-state index contributed by atoms with van der Waals surface area (Å²) in [7, 11) is 2.86. The van der Waals surface area contributed by atoms with Gasteiger partial charge in [-0.3, -0.25) is 14.6 Å². The summed E-state index contributed by atoms with van der Waals surface area (Å²) in [6.45, 7) is 4.11. The van der Waals surface area contributed by atoms with Crippen molar-refractivity contribution in [3.63, 3.8) is 0 Å². The van der Waals surface area contributed by atoms with Crippen LogP contribution in [0.5, 0.6) is 0 Å². The summed E-state index contributed by atoms with van der Waals surface area (Å²) in [5.41, 5.74) is 4.89. The number of pyridine rings is 1. The fourth-order valence-corrected chi connectivity index (χ4v) is 4.63. The molecule has 0 radical (unpaired) electrons. The maximum Gasteiger partial charge on any atom is 0.261 e. The molecule has 4 rings (SSSR count). The summed E-state index contributed by atoms with van der Waals surface area (Å²) in [6, 6.07) is 10.2. The minimum atomic E-state index is -0.446.